The highest BCUT2D eigenvalue weighted by atomic mass is 32.2. The highest BCUT2D eigenvalue weighted by molar-refractivity contribution is 7.98. The molecule has 1 aromatic heterocycles. The summed E-state index contributed by atoms with van der Waals surface area (Å²) in [5.41, 5.74) is 2.64. The molecule has 1 saturated carbocycles. The lowest BCUT2D eigenvalue weighted by Crippen LogP contribution is -2.07. The third-order valence-electron chi connectivity index (χ3n) is 4.23. The minimum atomic E-state index is 0.584. The average molecular weight is 313 g/mol. The Bertz CT molecular complexity index is 642. The Hall–Kier alpha value is -1.55. The van der Waals surface area contributed by atoms with Gasteiger partial charge in [0, 0.05) is 18.2 Å². The molecule has 4 heteroatoms. The van der Waals surface area contributed by atoms with Crippen LogP contribution in [0, 0.1) is 6.92 Å². The van der Waals surface area contributed by atoms with Crippen molar-refractivity contribution in [2.75, 3.05) is 0 Å². The number of hydrogen-bond donors (Lipinski definition) is 0. The van der Waals surface area contributed by atoms with Crippen molar-refractivity contribution in [3.8, 4) is 0 Å². The van der Waals surface area contributed by atoms with Gasteiger partial charge in [-0.25, -0.2) is 0 Å². The van der Waals surface area contributed by atoms with Gasteiger partial charge in [0.05, 0.1) is 0 Å². The van der Waals surface area contributed by atoms with Gasteiger partial charge in [-0.1, -0.05) is 60.5 Å². The van der Waals surface area contributed by atoms with E-state index in [1.165, 1.54) is 36.8 Å². The van der Waals surface area contributed by atoms with E-state index in [4.69, 9.17) is 0 Å². The van der Waals surface area contributed by atoms with Gasteiger partial charge in [-0.05, 0) is 25.3 Å². The summed E-state index contributed by atoms with van der Waals surface area (Å²) in [6.07, 6.45) is 7.07. The maximum Gasteiger partial charge on any atom is 0.191 e. The zero-order valence-corrected chi connectivity index (χ0v) is 14.0. The summed E-state index contributed by atoms with van der Waals surface area (Å²) in [4.78, 5) is 0. The van der Waals surface area contributed by atoms with Crippen LogP contribution < -0.4 is 0 Å². The summed E-state index contributed by atoms with van der Waals surface area (Å²) in [7, 11) is 0. The standard InChI is InChI=1S/C18H23N3S/c1-3-11-21-17(16-9-4-5-10-16)19-20-18(21)22-13-15-8-6-7-14(2)12-15/h3,6-8,12,16H,1,4-5,9-11,13H2,2H3. The third kappa shape index (κ3) is 3.43. The molecule has 1 aromatic carbocycles. The van der Waals surface area contributed by atoms with E-state index in [2.05, 4.69) is 52.5 Å². The van der Waals surface area contributed by atoms with Gasteiger partial charge in [-0.15, -0.1) is 16.8 Å². The fraction of sp³-hybridized carbons (Fsp3) is 0.444. The number of nitrogens with zero attached hydrogens (tertiary/aromatic N) is 3. The minimum Gasteiger partial charge on any atom is -0.302 e. The molecular weight excluding hydrogens is 290 g/mol. The van der Waals surface area contributed by atoms with Crippen LogP contribution in [0.25, 0.3) is 0 Å². The van der Waals surface area contributed by atoms with Gasteiger partial charge >= 0.3 is 0 Å². The zero-order chi connectivity index (χ0) is 15.4. The van der Waals surface area contributed by atoms with Gasteiger partial charge in [0.2, 0.25) is 0 Å². The topological polar surface area (TPSA) is 30.7 Å². The predicted octanol–water partition coefficient (Wildman–Crippen LogP) is 4.72. The second kappa shape index (κ2) is 7.14. The molecule has 3 nitrogen and oxygen atoms in total. The van der Waals surface area contributed by atoms with E-state index in [1.54, 1.807) is 11.8 Å². The van der Waals surface area contributed by atoms with Crippen LogP contribution >= 0.6 is 11.8 Å². The first-order valence-corrected chi connectivity index (χ1v) is 8.99. The van der Waals surface area contributed by atoms with Crippen LogP contribution in [0.5, 0.6) is 0 Å². The van der Waals surface area contributed by atoms with Crippen LogP contribution in [-0.4, -0.2) is 14.8 Å². The van der Waals surface area contributed by atoms with Gasteiger partial charge in [0.1, 0.15) is 5.82 Å². The number of hydrogen-bond acceptors (Lipinski definition) is 3. The van der Waals surface area contributed by atoms with Gasteiger partial charge < -0.3 is 4.57 Å². The molecule has 1 heterocycles. The van der Waals surface area contributed by atoms with Crippen molar-refractivity contribution in [3.63, 3.8) is 0 Å². The Labute approximate surface area is 136 Å². The molecule has 0 saturated heterocycles. The lowest BCUT2D eigenvalue weighted by Gasteiger charge is -2.12. The second-order valence-corrected chi connectivity index (χ2v) is 6.94. The summed E-state index contributed by atoms with van der Waals surface area (Å²) >= 11 is 1.77. The number of rotatable bonds is 6. The van der Waals surface area contributed by atoms with Crippen molar-refractivity contribution in [3.05, 3.63) is 53.9 Å². The number of aromatic nitrogens is 3. The van der Waals surface area contributed by atoms with E-state index in [9.17, 15) is 0 Å². The summed E-state index contributed by atoms with van der Waals surface area (Å²) < 4.78 is 2.25. The molecule has 0 N–H and O–H groups in total. The summed E-state index contributed by atoms with van der Waals surface area (Å²) in [5, 5.41) is 9.95. The summed E-state index contributed by atoms with van der Waals surface area (Å²) in [5.74, 6) is 2.67. The highest BCUT2D eigenvalue weighted by Crippen LogP contribution is 2.35. The molecule has 1 aliphatic rings. The third-order valence-corrected chi connectivity index (χ3v) is 5.27. The highest BCUT2D eigenvalue weighted by Gasteiger charge is 2.24. The van der Waals surface area contributed by atoms with E-state index in [0.717, 1.165) is 23.3 Å². The van der Waals surface area contributed by atoms with Crippen molar-refractivity contribution >= 4 is 11.8 Å². The quantitative estimate of drug-likeness (QED) is 0.571. The first-order valence-electron chi connectivity index (χ1n) is 8.00. The van der Waals surface area contributed by atoms with Crippen LogP contribution in [0.3, 0.4) is 0 Å². The molecule has 0 amide bonds. The lowest BCUT2D eigenvalue weighted by molar-refractivity contribution is 0.594. The average Bonchev–Trinajstić information content (AvgIpc) is 3.15. The molecule has 1 fully saturated rings. The first-order chi connectivity index (χ1) is 10.8. The van der Waals surface area contributed by atoms with Crippen LogP contribution in [0.4, 0.5) is 0 Å². The number of aryl methyl sites for hydroxylation is 1. The Balaban J connectivity index is 1.76. The van der Waals surface area contributed by atoms with Gasteiger partial charge in [0.15, 0.2) is 5.16 Å². The number of thioether (sulfide) groups is 1. The van der Waals surface area contributed by atoms with E-state index in [0.29, 0.717) is 5.92 Å². The Morgan fingerprint density at radius 1 is 1.32 bits per heavy atom. The summed E-state index contributed by atoms with van der Waals surface area (Å²) in [6, 6.07) is 8.65. The summed E-state index contributed by atoms with van der Waals surface area (Å²) in [6.45, 7) is 6.82. The SMILES string of the molecule is C=CCn1c(SCc2cccc(C)c2)nnc1C1CCCC1. The molecule has 116 valence electrons. The van der Waals surface area contributed by atoms with Gasteiger partial charge in [-0.2, -0.15) is 0 Å². The van der Waals surface area contributed by atoms with Gasteiger partial charge in [-0.3, -0.25) is 0 Å². The predicted molar refractivity (Wildman–Crippen MR) is 92.2 cm³/mol. The molecule has 0 unspecified atom stereocenters. The largest absolute Gasteiger partial charge is 0.302 e. The van der Waals surface area contributed by atoms with E-state index >= 15 is 0 Å². The van der Waals surface area contributed by atoms with E-state index in [-0.39, 0.29) is 0 Å². The maximum absolute atomic E-state index is 4.49. The molecule has 0 bridgehead atoms. The maximum atomic E-state index is 4.49. The van der Waals surface area contributed by atoms with E-state index < -0.39 is 0 Å². The van der Waals surface area contributed by atoms with Crippen molar-refractivity contribution in [2.24, 2.45) is 0 Å². The fourth-order valence-corrected chi connectivity index (χ4v) is 4.04. The molecule has 0 radical (unpaired) electrons. The molecule has 0 atom stereocenters. The van der Waals surface area contributed by atoms with Crippen LogP contribution in [0.1, 0.15) is 48.6 Å². The van der Waals surface area contributed by atoms with Crippen LogP contribution in [0.15, 0.2) is 42.1 Å². The molecule has 22 heavy (non-hydrogen) atoms. The van der Waals surface area contributed by atoms with Crippen LogP contribution in [-0.2, 0) is 12.3 Å². The lowest BCUT2D eigenvalue weighted by atomic mass is 10.1. The normalized spacial score (nSPS) is 15.3. The first kappa shape index (κ1) is 15.3. The molecule has 0 spiro atoms. The minimum absolute atomic E-state index is 0.584. The van der Waals surface area contributed by atoms with Crippen molar-refractivity contribution in [1.29, 1.82) is 0 Å². The number of allylic oxidation sites excluding steroid dienone is 1. The van der Waals surface area contributed by atoms with Crippen LogP contribution in [0.2, 0.25) is 0 Å². The molecular formula is C18H23N3S. The Kier molecular flexibility index (Phi) is 4.98. The van der Waals surface area contributed by atoms with E-state index in [1.807, 2.05) is 6.08 Å². The number of benzene rings is 1. The smallest absolute Gasteiger partial charge is 0.191 e. The Morgan fingerprint density at radius 3 is 2.86 bits per heavy atom. The molecule has 2 aromatic rings. The Morgan fingerprint density at radius 2 is 2.14 bits per heavy atom. The zero-order valence-electron chi connectivity index (χ0n) is 13.2. The molecule has 1 aliphatic carbocycles. The second-order valence-electron chi connectivity index (χ2n) is 6.00. The molecule has 0 aliphatic heterocycles. The molecule has 3 rings (SSSR count). The van der Waals surface area contributed by atoms with Gasteiger partial charge in [0.25, 0.3) is 0 Å². The monoisotopic (exact) mass is 313 g/mol. The fourth-order valence-electron chi connectivity index (χ4n) is 3.14. The van der Waals surface area contributed by atoms with Crippen molar-refractivity contribution in [1.82, 2.24) is 14.8 Å². The van der Waals surface area contributed by atoms with Crippen molar-refractivity contribution < 1.29 is 0 Å². The van der Waals surface area contributed by atoms with Crippen molar-refractivity contribution in [2.45, 2.75) is 56.0 Å².